The second kappa shape index (κ2) is 5.75. The summed E-state index contributed by atoms with van der Waals surface area (Å²) in [6.07, 6.45) is 0. The molecule has 3 heteroatoms. The molecule has 1 rings (SSSR count). The molecule has 0 saturated heterocycles. The molecule has 0 spiro atoms. The predicted molar refractivity (Wildman–Crippen MR) is 68.6 cm³/mol. The van der Waals surface area contributed by atoms with E-state index < -0.39 is 0 Å². The van der Waals surface area contributed by atoms with Gasteiger partial charge in [-0.25, -0.2) is 0 Å². The molecule has 0 radical (unpaired) electrons. The lowest BCUT2D eigenvalue weighted by molar-refractivity contribution is 0.222. The molecule has 16 heavy (non-hydrogen) atoms. The van der Waals surface area contributed by atoms with Crippen molar-refractivity contribution in [3.8, 4) is 5.75 Å². The van der Waals surface area contributed by atoms with E-state index in [1.54, 1.807) is 7.11 Å². The van der Waals surface area contributed by atoms with Crippen LogP contribution in [0, 0.1) is 0 Å². The lowest BCUT2D eigenvalue weighted by Gasteiger charge is -2.25. The summed E-state index contributed by atoms with van der Waals surface area (Å²) in [5, 5.41) is 0. The molecular formula is C13H22N2O. The molecule has 1 aromatic rings. The number of anilines is 1. The molecule has 0 saturated carbocycles. The van der Waals surface area contributed by atoms with Crippen LogP contribution in [0.15, 0.2) is 18.2 Å². The zero-order chi connectivity index (χ0) is 12.1. The Morgan fingerprint density at radius 2 is 2.06 bits per heavy atom. The Morgan fingerprint density at radius 1 is 1.38 bits per heavy atom. The fourth-order valence-electron chi connectivity index (χ4n) is 1.80. The summed E-state index contributed by atoms with van der Waals surface area (Å²) in [6, 6.07) is 6.31. The summed E-state index contributed by atoms with van der Waals surface area (Å²) in [5.74, 6) is 0.910. The summed E-state index contributed by atoms with van der Waals surface area (Å²) in [4.78, 5) is 2.37. The van der Waals surface area contributed by atoms with Gasteiger partial charge in [0.25, 0.3) is 0 Å². The van der Waals surface area contributed by atoms with E-state index >= 15 is 0 Å². The van der Waals surface area contributed by atoms with E-state index in [1.165, 1.54) is 0 Å². The minimum absolute atomic E-state index is 0.524. The standard InChI is InChI=1S/C13H22N2O/c1-5-15(10(2)3)9-11-8-12(14)6-7-13(11)16-4/h6-8,10H,5,9,14H2,1-4H3. The maximum absolute atomic E-state index is 5.80. The molecule has 0 amide bonds. The Kier molecular flexibility index (Phi) is 4.62. The van der Waals surface area contributed by atoms with Crippen LogP contribution in [0.5, 0.6) is 5.75 Å². The summed E-state index contributed by atoms with van der Waals surface area (Å²) in [5.41, 5.74) is 7.74. The molecule has 0 bridgehead atoms. The first-order chi connectivity index (χ1) is 7.58. The van der Waals surface area contributed by atoms with E-state index in [0.29, 0.717) is 6.04 Å². The van der Waals surface area contributed by atoms with Crippen molar-refractivity contribution in [2.24, 2.45) is 0 Å². The Balaban J connectivity index is 2.89. The number of nitrogens with zero attached hydrogens (tertiary/aromatic N) is 1. The summed E-state index contributed by atoms with van der Waals surface area (Å²) in [6.45, 7) is 8.46. The van der Waals surface area contributed by atoms with Gasteiger partial charge in [-0.15, -0.1) is 0 Å². The third-order valence-electron chi connectivity index (χ3n) is 2.81. The van der Waals surface area contributed by atoms with Gasteiger partial charge in [0, 0.05) is 23.8 Å². The zero-order valence-corrected chi connectivity index (χ0v) is 10.7. The topological polar surface area (TPSA) is 38.5 Å². The van der Waals surface area contributed by atoms with E-state index in [-0.39, 0.29) is 0 Å². The van der Waals surface area contributed by atoms with E-state index in [9.17, 15) is 0 Å². The van der Waals surface area contributed by atoms with E-state index in [0.717, 1.165) is 30.1 Å². The molecule has 1 aromatic carbocycles. The summed E-state index contributed by atoms with van der Waals surface area (Å²) in [7, 11) is 1.70. The van der Waals surface area contributed by atoms with Gasteiger partial charge in [0.15, 0.2) is 0 Å². The monoisotopic (exact) mass is 222 g/mol. The summed E-state index contributed by atoms with van der Waals surface area (Å²) < 4.78 is 5.34. The first kappa shape index (κ1) is 12.8. The van der Waals surface area contributed by atoms with Crippen LogP contribution < -0.4 is 10.5 Å². The van der Waals surface area contributed by atoms with Gasteiger partial charge >= 0.3 is 0 Å². The van der Waals surface area contributed by atoms with Crippen molar-refractivity contribution in [3.63, 3.8) is 0 Å². The van der Waals surface area contributed by atoms with Crippen molar-refractivity contribution in [1.29, 1.82) is 0 Å². The minimum Gasteiger partial charge on any atom is -0.496 e. The van der Waals surface area contributed by atoms with Crippen LogP contribution in [0.25, 0.3) is 0 Å². The molecule has 0 aliphatic rings. The normalized spacial score (nSPS) is 11.1. The van der Waals surface area contributed by atoms with Crippen LogP contribution in [0.1, 0.15) is 26.3 Å². The van der Waals surface area contributed by atoms with Crippen molar-refractivity contribution < 1.29 is 4.74 Å². The predicted octanol–water partition coefficient (Wildman–Crippen LogP) is 2.51. The Hall–Kier alpha value is -1.22. The lowest BCUT2D eigenvalue weighted by Crippen LogP contribution is -2.30. The van der Waals surface area contributed by atoms with Crippen LogP contribution in [0.4, 0.5) is 5.69 Å². The minimum atomic E-state index is 0.524. The van der Waals surface area contributed by atoms with Crippen LogP contribution in [0.3, 0.4) is 0 Å². The molecule has 0 aromatic heterocycles. The van der Waals surface area contributed by atoms with Gasteiger partial charge in [-0.2, -0.15) is 0 Å². The van der Waals surface area contributed by atoms with Crippen molar-refractivity contribution in [1.82, 2.24) is 4.90 Å². The van der Waals surface area contributed by atoms with Crippen molar-refractivity contribution >= 4 is 5.69 Å². The zero-order valence-electron chi connectivity index (χ0n) is 10.7. The Bertz CT molecular complexity index is 337. The highest BCUT2D eigenvalue weighted by Crippen LogP contribution is 2.23. The number of nitrogens with two attached hydrogens (primary N) is 1. The maximum Gasteiger partial charge on any atom is 0.123 e. The fourth-order valence-corrected chi connectivity index (χ4v) is 1.80. The molecule has 2 N–H and O–H groups in total. The number of hydrogen-bond acceptors (Lipinski definition) is 3. The smallest absolute Gasteiger partial charge is 0.123 e. The van der Waals surface area contributed by atoms with Gasteiger partial charge in [-0.1, -0.05) is 6.92 Å². The molecule has 0 heterocycles. The van der Waals surface area contributed by atoms with Gasteiger partial charge in [0.1, 0.15) is 5.75 Å². The highest BCUT2D eigenvalue weighted by molar-refractivity contribution is 5.47. The Morgan fingerprint density at radius 3 is 2.56 bits per heavy atom. The molecular weight excluding hydrogens is 200 g/mol. The lowest BCUT2D eigenvalue weighted by atomic mass is 10.1. The SMILES string of the molecule is CCN(Cc1cc(N)ccc1OC)C(C)C. The van der Waals surface area contributed by atoms with Gasteiger partial charge in [-0.05, 0) is 38.6 Å². The van der Waals surface area contributed by atoms with E-state index in [2.05, 4.69) is 25.7 Å². The van der Waals surface area contributed by atoms with Gasteiger partial charge < -0.3 is 10.5 Å². The van der Waals surface area contributed by atoms with Crippen LogP contribution in [-0.2, 0) is 6.54 Å². The number of rotatable bonds is 5. The highest BCUT2D eigenvalue weighted by Gasteiger charge is 2.11. The third-order valence-corrected chi connectivity index (χ3v) is 2.81. The molecule has 0 aliphatic carbocycles. The molecule has 3 nitrogen and oxygen atoms in total. The average Bonchev–Trinajstić information content (AvgIpc) is 2.25. The first-order valence-corrected chi connectivity index (χ1v) is 5.75. The van der Waals surface area contributed by atoms with E-state index in [4.69, 9.17) is 10.5 Å². The van der Waals surface area contributed by atoms with Crippen LogP contribution >= 0.6 is 0 Å². The van der Waals surface area contributed by atoms with Crippen molar-refractivity contribution in [3.05, 3.63) is 23.8 Å². The van der Waals surface area contributed by atoms with Gasteiger partial charge in [-0.3, -0.25) is 4.90 Å². The number of benzene rings is 1. The quantitative estimate of drug-likeness (QED) is 0.778. The molecule has 0 fully saturated rings. The third kappa shape index (κ3) is 3.14. The highest BCUT2D eigenvalue weighted by atomic mass is 16.5. The van der Waals surface area contributed by atoms with Crippen molar-refractivity contribution in [2.45, 2.75) is 33.4 Å². The van der Waals surface area contributed by atoms with Gasteiger partial charge in [0.2, 0.25) is 0 Å². The van der Waals surface area contributed by atoms with Crippen molar-refractivity contribution in [2.75, 3.05) is 19.4 Å². The molecule has 0 atom stereocenters. The summed E-state index contributed by atoms with van der Waals surface area (Å²) >= 11 is 0. The number of methoxy groups -OCH3 is 1. The largest absolute Gasteiger partial charge is 0.496 e. The molecule has 0 aliphatic heterocycles. The number of nitrogen functional groups attached to an aromatic ring is 1. The maximum atomic E-state index is 5.80. The van der Waals surface area contributed by atoms with Gasteiger partial charge in [0.05, 0.1) is 7.11 Å². The van der Waals surface area contributed by atoms with Crippen LogP contribution in [-0.4, -0.2) is 24.6 Å². The van der Waals surface area contributed by atoms with Crippen LogP contribution in [0.2, 0.25) is 0 Å². The van der Waals surface area contributed by atoms with E-state index in [1.807, 2.05) is 18.2 Å². The number of hydrogen-bond donors (Lipinski definition) is 1. The molecule has 0 unspecified atom stereocenters. The second-order valence-corrected chi connectivity index (χ2v) is 4.23. The average molecular weight is 222 g/mol. The number of ether oxygens (including phenoxy) is 1. The molecule has 90 valence electrons. The fraction of sp³-hybridized carbons (Fsp3) is 0.538. The Labute approximate surface area is 98.2 Å². The second-order valence-electron chi connectivity index (χ2n) is 4.23. The first-order valence-electron chi connectivity index (χ1n) is 5.75.